The van der Waals surface area contributed by atoms with Crippen LogP contribution in [0.3, 0.4) is 0 Å². The molecule has 0 radical (unpaired) electrons. The molecule has 192 valence electrons. The highest BCUT2D eigenvalue weighted by Gasteiger charge is 2.46. The summed E-state index contributed by atoms with van der Waals surface area (Å²) in [6.07, 6.45) is 1.07. The molecule has 0 bridgehead atoms. The third kappa shape index (κ3) is 5.66. The molecule has 1 aromatic carbocycles. The highest BCUT2D eigenvalue weighted by Crippen LogP contribution is 2.41. The number of hydrogen-bond acceptors (Lipinski definition) is 9. The number of carbonyl (C=O) groups is 3. The van der Waals surface area contributed by atoms with Crippen molar-refractivity contribution in [3.63, 3.8) is 0 Å². The molecule has 4 heterocycles. The number of nitrogens with one attached hydrogen (secondary N) is 1. The Hall–Kier alpha value is -3.91. The van der Waals surface area contributed by atoms with E-state index in [0.717, 1.165) is 11.1 Å². The maximum atomic E-state index is 12.5. The van der Waals surface area contributed by atoms with E-state index in [1.54, 1.807) is 17.2 Å². The number of rotatable bonds is 4. The van der Waals surface area contributed by atoms with Crippen molar-refractivity contribution in [3.05, 3.63) is 36.5 Å². The predicted molar refractivity (Wildman–Crippen MR) is 127 cm³/mol. The van der Waals surface area contributed by atoms with Crippen molar-refractivity contribution >= 4 is 39.7 Å². The predicted octanol–water partition coefficient (Wildman–Crippen LogP) is 1.43. The van der Waals surface area contributed by atoms with Gasteiger partial charge >= 0.3 is 12.2 Å². The summed E-state index contributed by atoms with van der Waals surface area (Å²) in [5.41, 5.74) is 2.33. The number of aromatic nitrogens is 1. The van der Waals surface area contributed by atoms with Crippen molar-refractivity contribution in [2.75, 3.05) is 42.4 Å². The standard InChI is InChI=1S/C21H20N4O6.CH4O3S/c1-12(26)22-10-18-16-11-30-17-8-13(2-4-15(17)25(16)21(28)31-18)14-3-5-19(23-9-14)24-6-7-29-20(24)27;1-5(2,3)4/h2-5,8-9,16,18H,6-7,10-11H2,1H3,(H,22,26);1H3,(H,2,3,4)/t16-,18-;/m0./s1. The number of hydrogen-bond donors (Lipinski definition) is 2. The Balaban J connectivity index is 0.000000556. The molecule has 0 spiro atoms. The summed E-state index contributed by atoms with van der Waals surface area (Å²) in [7, 11) is -3.67. The zero-order valence-electron chi connectivity index (χ0n) is 19.4. The monoisotopic (exact) mass is 520 g/mol. The molecule has 2 N–H and O–H groups in total. The minimum Gasteiger partial charge on any atom is -0.489 e. The van der Waals surface area contributed by atoms with Crippen LogP contribution < -0.4 is 19.9 Å². The first-order valence-corrected chi connectivity index (χ1v) is 12.7. The Bertz CT molecular complexity index is 1270. The van der Waals surface area contributed by atoms with E-state index in [1.807, 2.05) is 24.3 Å². The molecular formula is C22H24N4O9S. The van der Waals surface area contributed by atoms with E-state index in [4.69, 9.17) is 18.8 Å². The Morgan fingerprint density at radius 2 is 1.89 bits per heavy atom. The molecule has 1 aromatic heterocycles. The number of carbonyl (C=O) groups excluding carboxylic acids is 3. The summed E-state index contributed by atoms with van der Waals surface area (Å²) in [5.74, 6) is 0.920. The average Bonchev–Trinajstić information content (AvgIpc) is 3.39. The smallest absolute Gasteiger partial charge is 0.415 e. The molecule has 3 aliphatic heterocycles. The number of fused-ring (bicyclic) bond motifs is 3. The van der Waals surface area contributed by atoms with E-state index in [1.165, 1.54) is 11.8 Å². The summed E-state index contributed by atoms with van der Waals surface area (Å²) in [6.45, 7) is 2.76. The maximum absolute atomic E-state index is 12.5. The molecule has 2 aromatic rings. The lowest BCUT2D eigenvalue weighted by Crippen LogP contribution is -2.47. The lowest BCUT2D eigenvalue weighted by molar-refractivity contribution is -0.119. The van der Waals surface area contributed by atoms with Gasteiger partial charge in [0.05, 0.1) is 25.0 Å². The van der Waals surface area contributed by atoms with E-state index in [0.29, 0.717) is 36.7 Å². The Morgan fingerprint density at radius 3 is 2.50 bits per heavy atom. The van der Waals surface area contributed by atoms with Gasteiger partial charge in [-0.25, -0.2) is 14.6 Å². The highest BCUT2D eigenvalue weighted by atomic mass is 32.2. The maximum Gasteiger partial charge on any atom is 0.415 e. The van der Waals surface area contributed by atoms with Crippen molar-refractivity contribution in [3.8, 4) is 16.9 Å². The average molecular weight is 521 g/mol. The summed E-state index contributed by atoms with van der Waals surface area (Å²) in [4.78, 5) is 42.8. The van der Waals surface area contributed by atoms with Crippen LogP contribution >= 0.6 is 0 Å². The van der Waals surface area contributed by atoms with Crippen LogP contribution in [0.2, 0.25) is 0 Å². The Labute approximate surface area is 206 Å². The van der Waals surface area contributed by atoms with E-state index >= 15 is 0 Å². The molecule has 36 heavy (non-hydrogen) atoms. The van der Waals surface area contributed by atoms with Crippen molar-refractivity contribution in [1.29, 1.82) is 0 Å². The number of anilines is 2. The minimum atomic E-state index is -3.67. The number of ether oxygens (including phenoxy) is 3. The van der Waals surface area contributed by atoms with Crippen LogP contribution in [0.1, 0.15) is 6.92 Å². The van der Waals surface area contributed by atoms with Crippen molar-refractivity contribution in [1.82, 2.24) is 10.3 Å². The fraction of sp³-hybridized carbons (Fsp3) is 0.364. The molecular weight excluding hydrogens is 496 g/mol. The van der Waals surface area contributed by atoms with Crippen LogP contribution in [-0.2, 0) is 24.4 Å². The number of amides is 3. The first-order valence-electron chi connectivity index (χ1n) is 10.9. The summed E-state index contributed by atoms with van der Waals surface area (Å²) < 4.78 is 42.2. The van der Waals surface area contributed by atoms with Crippen LogP contribution in [0.5, 0.6) is 5.75 Å². The Morgan fingerprint density at radius 1 is 1.17 bits per heavy atom. The lowest BCUT2D eigenvalue weighted by atomic mass is 10.0. The molecule has 13 nitrogen and oxygen atoms in total. The van der Waals surface area contributed by atoms with Gasteiger partial charge in [0.2, 0.25) is 5.91 Å². The van der Waals surface area contributed by atoms with Crippen molar-refractivity contribution in [2.24, 2.45) is 0 Å². The molecule has 2 fully saturated rings. The first kappa shape index (κ1) is 25.2. The van der Waals surface area contributed by atoms with Gasteiger partial charge in [-0.3, -0.25) is 19.1 Å². The zero-order chi connectivity index (χ0) is 26.0. The van der Waals surface area contributed by atoms with Gasteiger partial charge in [-0.05, 0) is 29.8 Å². The van der Waals surface area contributed by atoms with Crippen LogP contribution in [0.4, 0.5) is 21.1 Å². The lowest BCUT2D eigenvalue weighted by Gasteiger charge is -2.31. The van der Waals surface area contributed by atoms with Gasteiger partial charge in [0, 0.05) is 18.7 Å². The molecule has 2 atom stereocenters. The number of cyclic esters (lactones) is 2. The van der Waals surface area contributed by atoms with Gasteiger partial charge in [-0.1, -0.05) is 6.07 Å². The number of pyridine rings is 1. The van der Waals surface area contributed by atoms with Crippen molar-refractivity contribution < 1.29 is 41.6 Å². The van der Waals surface area contributed by atoms with E-state index < -0.39 is 28.4 Å². The molecule has 5 rings (SSSR count). The molecule has 0 aliphatic carbocycles. The topological polar surface area (TPSA) is 165 Å². The van der Waals surface area contributed by atoms with Crippen LogP contribution in [0, 0.1) is 0 Å². The summed E-state index contributed by atoms with van der Waals surface area (Å²) in [6, 6.07) is 8.86. The van der Waals surface area contributed by atoms with Gasteiger partial charge in [0.1, 0.15) is 36.9 Å². The van der Waals surface area contributed by atoms with Crippen LogP contribution in [0.15, 0.2) is 36.5 Å². The van der Waals surface area contributed by atoms with Gasteiger partial charge < -0.3 is 19.5 Å². The summed E-state index contributed by atoms with van der Waals surface area (Å²) >= 11 is 0. The normalized spacial score (nSPS) is 20.3. The molecule has 0 unspecified atom stereocenters. The number of benzene rings is 1. The van der Waals surface area contributed by atoms with Gasteiger partial charge in [-0.15, -0.1) is 0 Å². The van der Waals surface area contributed by atoms with Gasteiger partial charge in [0.15, 0.2) is 0 Å². The summed E-state index contributed by atoms with van der Waals surface area (Å²) in [5, 5.41) is 2.69. The first-order chi connectivity index (χ1) is 17.0. The fourth-order valence-corrected chi connectivity index (χ4v) is 3.95. The quantitative estimate of drug-likeness (QED) is 0.563. The van der Waals surface area contributed by atoms with Crippen LogP contribution in [-0.4, -0.2) is 80.8 Å². The number of nitrogens with zero attached hydrogens (tertiary/aromatic N) is 3. The van der Waals surface area contributed by atoms with E-state index in [9.17, 15) is 22.8 Å². The molecule has 14 heteroatoms. The third-order valence-electron chi connectivity index (χ3n) is 5.51. The van der Waals surface area contributed by atoms with E-state index in [-0.39, 0.29) is 25.1 Å². The van der Waals surface area contributed by atoms with Gasteiger partial charge in [-0.2, -0.15) is 8.42 Å². The second-order valence-electron chi connectivity index (χ2n) is 8.19. The zero-order valence-corrected chi connectivity index (χ0v) is 20.2. The molecule has 2 saturated heterocycles. The fourth-order valence-electron chi connectivity index (χ4n) is 3.95. The van der Waals surface area contributed by atoms with Crippen molar-refractivity contribution in [2.45, 2.75) is 19.1 Å². The SMILES string of the molecule is CC(=O)NC[C@@H]1OC(=O)N2c3ccc(-c4ccc(N5CCOC5=O)nc4)cc3OC[C@@H]12.CS(=O)(=O)O. The third-order valence-corrected chi connectivity index (χ3v) is 5.51. The second kappa shape index (κ2) is 9.99. The molecule has 3 amide bonds. The highest BCUT2D eigenvalue weighted by molar-refractivity contribution is 7.85. The second-order valence-corrected chi connectivity index (χ2v) is 9.66. The van der Waals surface area contributed by atoms with Crippen LogP contribution in [0.25, 0.3) is 11.1 Å². The molecule has 0 saturated carbocycles. The van der Waals surface area contributed by atoms with Gasteiger partial charge in [0.25, 0.3) is 10.1 Å². The largest absolute Gasteiger partial charge is 0.489 e. The Kier molecular flexibility index (Phi) is 6.99. The van der Waals surface area contributed by atoms with E-state index in [2.05, 4.69) is 10.3 Å². The minimum absolute atomic E-state index is 0.183. The molecule has 3 aliphatic rings.